The van der Waals surface area contributed by atoms with Crippen molar-refractivity contribution in [1.82, 2.24) is 10.2 Å². The summed E-state index contributed by atoms with van der Waals surface area (Å²) in [5.41, 5.74) is 6.55. The fourth-order valence-corrected chi connectivity index (χ4v) is 3.68. The Balaban J connectivity index is 2.47. The number of para-hydroxylation sites is 1. The minimum Gasteiger partial charge on any atom is -0.444 e. The molecule has 2 atom stereocenters. The molecule has 2 unspecified atom stereocenters. The number of hydrogen-bond acceptors (Lipinski definition) is 5. The number of nitrogens with zero attached hydrogens (tertiary/aromatic N) is 1. The molecule has 0 heterocycles. The fraction of sp³-hybridized carbons (Fsp3) is 0.357. The largest absolute Gasteiger partial charge is 0.444 e. The van der Waals surface area contributed by atoms with E-state index < -0.39 is 41.5 Å². The van der Waals surface area contributed by atoms with Crippen LogP contribution in [0, 0.1) is 6.92 Å². The van der Waals surface area contributed by atoms with Crippen molar-refractivity contribution in [3.8, 4) is 0 Å². The van der Waals surface area contributed by atoms with Crippen molar-refractivity contribution in [2.24, 2.45) is 5.73 Å². The Morgan fingerprint density at radius 2 is 1.68 bits per heavy atom. The normalized spacial score (nSPS) is 12.5. The third-order valence-electron chi connectivity index (χ3n) is 5.36. The summed E-state index contributed by atoms with van der Waals surface area (Å²) in [6.07, 6.45) is 0.448. The molecule has 0 aromatic heterocycles. The predicted molar refractivity (Wildman–Crippen MR) is 142 cm³/mol. The fourth-order valence-electron chi connectivity index (χ4n) is 3.68. The Morgan fingerprint density at radius 1 is 1.05 bits per heavy atom. The van der Waals surface area contributed by atoms with Gasteiger partial charge in [-0.1, -0.05) is 54.6 Å². The molecule has 0 aliphatic heterocycles. The Hall–Kier alpha value is -4.14. The highest BCUT2D eigenvalue weighted by atomic mass is 16.6. The van der Waals surface area contributed by atoms with Gasteiger partial charge in [-0.15, -0.1) is 6.58 Å². The molecule has 4 amide bonds. The van der Waals surface area contributed by atoms with Gasteiger partial charge in [-0.25, -0.2) is 4.79 Å². The first-order valence-corrected chi connectivity index (χ1v) is 12.0. The maximum absolute atomic E-state index is 13.9. The van der Waals surface area contributed by atoms with E-state index in [1.807, 2.05) is 19.1 Å². The van der Waals surface area contributed by atoms with Gasteiger partial charge in [-0.2, -0.15) is 0 Å². The number of benzene rings is 2. The van der Waals surface area contributed by atoms with Gasteiger partial charge in [0, 0.05) is 18.7 Å². The van der Waals surface area contributed by atoms with Gasteiger partial charge in [-0.05, 0) is 51.3 Å². The molecule has 2 aromatic rings. The van der Waals surface area contributed by atoms with Gasteiger partial charge in [0.1, 0.15) is 17.7 Å². The van der Waals surface area contributed by atoms with Crippen LogP contribution in [0.2, 0.25) is 0 Å². The number of carbonyl (C=O) groups excluding carboxylic acids is 4. The van der Waals surface area contributed by atoms with E-state index in [1.165, 1.54) is 11.0 Å². The monoisotopic (exact) mass is 508 g/mol. The molecule has 0 saturated carbocycles. The van der Waals surface area contributed by atoms with Crippen LogP contribution in [-0.4, -0.2) is 46.9 Å². The second-order valence-corrected chi connectivity index (χ2v) is 9.60. The van der Waals surface area contributed by atoms with Gasteiger partial charge in [0.25, 0.3) is 5.91 Å². The minimum atomic E-state index is -1.17. The first-order valence-electron chi connectivity index (χ1n) is 12.0. The average molecular weight is 509 g/mol. The third kappa shape index (κ3) is 9.10. The summed E-state index contributed by atoms with van der Waals surface area (Å²) in [6, 6.07) is 13.9. The van der Waals surface area contributed by atoms with Crippen LogP contribution in [0.25, 0.3) is 0 Å². The second kappa shape index (κ2) is 13.2. The third-order valence-corrected chi connectivity index (χ3v) is 5.36. The number of aryl methyl sites for hydroxylation is 1. The SMILES string of the molecule is C=CCN(C(=O)C(CCC(N)=O)NC(=O)OC(C)(C)C)C(C(=O)Nc1ccccc1C)c1ccccc1. The van der Waals surface area contributed by atoms with Gasteiger partial charge in [0.15, 0.2) is 0 Å². The van der Waals surface area contributed by atoms with E-state index in [4.69, 9.17) is 10.5 Å². The number of amides is 4. The Bertz CT molecular complexity index is 1110. The molecule has 37 heavy (non-hydrogen) atoms. The highest BCUT2D eigenvalue weighted by molar-refractivity contribution is 5.99. The molecule has 2 aromatic carbocycles. The van der Waals surface area contributed by atoms with Crippen molar-refractivity contribution < 1.29 is 23.9 Å². The molecule has 0 radical (unpaired) electrons. The van der Waals surface area contributed by atoms with E-state index in [2.05, 4.69) is 17.2 Å². The lowest BCUT2D eigenvalue weighted by molar-refractivity contribution is -0.140. The summed E-state index contributed by atoms with van der Waals surface area (Å²) in [7, 11) is 0. The molecular formula is C28H36N4O5. The van der Waals surface area contributed by atoms with Crippen LogP contribution in [0.5, 0.6) is 0 Å². The summed E-state index contributed by atoms with van der Waals surface area (Å²) in [4.78, 5) is 52.9. The molecule has 0 spiro atoms. The average Bonchev–Trinajstić information content (AvgIpc) is 2.82. The van der Waals surface area contributed by atoms with Gasteiger partial charge in [-0.3, -0.25) is 14.4 Å². The molecule has 0 aliphatic carbocycles. The van der Waals surface area contributed by atoms with E-state index in [0.29, 0.717) is 11.3 Å². The van der Waals surface area contributed by atoms with E-state index in [9.17, 15) is 19.2 Å². The summed E-state index contributed by atoms with van der Waals surface area (Å²) < 4.78 is 5.31. The first-order chi connectivity index (χ1) is 17.4. The van der Waals surface area contributed by atoms with Crippen molar-refractivity contribution >= 4 is 29.5 Å². The lowest BCUT2D eigenvalue weighted by Crippen LogP contribution is -2.52. The highest BCUT2D eigenvalue weighted by Gasteiger charge is 2.36. The van der Waals surface area contributed by atoms with Crippen LogP contribution >= 0.6 is 0 Å². The van der Waals surface area contributed by atoms with E-state index in [1.54, 1.807) is 63.2 Å². The first kappa shape index (κ1) is 29.1. The predicted octanol–water partition coefficient (Wildman–Crippen LogP) is 3.85. The number of hydrogen-bond donors (Lipinski definition) is 3. The zero-order chi connectivity index (χ0) is 27.6. The standard InChI is InChI=1S/C28H36N4O5/c1-6-18-32(26(35)22(16-17-23(29)33)31-27(36)37-28(3,4)5)24(20-13-8-7-9-14-20)25(34)30-21-15-11-10-12-19(21)2/h6-15,22,24H,1,16-18H2,2-5H3,(H2,29,33)(H,30,34)(H,31,36). The smallest absolute Gasteiger partial charge is 0.408 e. The van der Waals surface area contributed by atoms with Gasteiger partial charge in [0.2, 0.25) is 11.8 Å². The van der Waals surface area contributed by atoms with E-state index in [-0.39, 0.29) is 19.4 Å². The topological polar surface area (TPSA) is 131 Å². The molecule has 0 saturated heterocycles. The lowest BCUT2D eigenvalue weighted by atomic mass is 10.0. The number of nitrogens with two attached hydrogens (primary N) is 1. The van der Waals surface area contributed by atoms with Crippen molar-refractivity contribution in [2.45, 2.75) is 58.2 Å². The molecule has 0 fully saturated rings. The van der Waals surface area contributed by atoms with Gasteiger partial charge in [0.05, 0.1) is 0 Å². The number of nitrogens with one attached hydrogen (secondary N) is 2. The summed E-state index contributed by atoms with van der Waals surface area (Å²) >= 11 is 0. The number of anilines is 1. The summed E-state index contributed by atoms with van der Waals surface area (Å²) in [6.45, 7) is 10.7. The summed E-state index contributed by atoms with van der Waals surface area (Å²) in [5.74, 6) is -1.65. The molecule has 9 nitrogen and oxygen atoms in total. The maximum Gasteiger partial charge on any atom is 0.408 e. The zero-order valence-electron chi connectivity index (χ0n) is 21.8. The van der Waals surface area contributed by atoms with Crippen molar-refractivity contribution in [1.29, 1.82) is 0 Å². The van der Waals surface area contributed by atoms with Crippen LogP contribution in [0.15, 0.2) is 67.3 Å². The van der Waals surface area contributed by atoms with E-state index >= 15 is 0 Å². The summed E-state index contributed by atoms with van der Waals surface area (Å²) in [5, 5.41) is 5.46. The van der Waals surface area contributed by atoms with Crippen molar-refractivity contribution in [3.63, 3.8) is 0 Å². The molecule has 9 heteroatoms. The van der Waals surface area contributed by atoms with Crippen molar-refractivity contribution in [2.75, 3.05) is 11.9 Å². The van der Waals surface area contributed by atoms with Crippen LogP contribution < -0.4 is 16.4 Å². The molecule has 4 N–H and O–H groups in total. The van der Waals surface area contributed by atoms with Crippen LogP contribution in [-0.2, 0) is 19.1 Å². The zero-order valence-corrected chi connectivity index (χ0v) is 21.8. The molecule has 2 rings (SSSR count). The Morgan fingerprint density at radius 3 is 2.24 bits per heavy atom. The van der Waals surface area contributed by atoms with Gasteiger partial charge < -0.3 is 26.0 Å². The molecule has 0 aliphatic rings. The van der Waals surface area contributed by atoms with Crippen molar-refractivity contribution in [3.05, 3.63) is 78.4 Å². The number of ether oxygens (including phenoxy) is 1. The van der Waals surface area contributed by atoms with Gasteiger partial charge >= 0.3 is 6.09 Å². The molecule has 198 valence electrons. The highest BCUT2D eigenvalue weighted by Crippen LogP contribution is 2.26. The minimum absolute atomic E-state index is 0.00263. The second-order valence-electron chi connectivity index (χ2n) is 9.60. The molecule has 0 bridgehead atoms. The number of primary amides is 1. The number of rotatable bonds is 11. The Kier molecular flexibility index (Phi) is 10.4. The van der Waals surface area contributed by atoms with Crippen LogP contribution in [0.4, 0.5) is 10.5 Å². The Labute approximate surface area is 218 Å². The maximum atomic E-state index is 13.9. The molecular weight excluding hydrogens is 472 g/mol. The number of carbonyl (C=O) groups is 4. The lowest BCUT2D eigenvalue weighted by Gasteiger charge is -2.34. The quantitative estimate of drug-likeness (QED) is 0.397. The number of alkyl carbamates (subject to hydrolysis) is 1. The van der Waals surface area contributed by atoms with E-state index in [0.717, 1.165) is 5.56 Å². The van der Waals surface area contributed by atoms with Crippen LogP contribution in [0.3, 0.4) is 0 Å². The van der Waals surface area contributed by atoms with Crippen LogP contribution in [0.1, 0.15) is 50.8 Å².